The van der Waals surface area contributed by atoms with Crippen LogP contribution in [0, 0.1) is 17.1 Å². The third kappa shape index (κ3) is 2.06. The molecular weight excluding hydrogens is 255 g/mol. The van der Waals surface area contributed by atoms with Gasteiger partial charge in [-0.05, 0) is 24.3 Å². The summed E-state index contributed by atoms with van der Waals surface area (Å²) in [5.74, 6) is -0.0687. The van der Waals surface area contributed by atoms with E-state index in [1.54, 1.807) is 18.2 Å². The van der Waals surface area contributed by atoms with E-state index in [0.29, 0.717) is 16.7 Å². The number of nitriles is 1. The van der Waals surface area contributed by atoms with E-state index in [1.165, 1.54) is 18.3 Å². The van der Waals surface area contributed by atoms with E-state index >= 15 is 0 Å². The second-order valence-electron chi connectivity index (χ2n) is 4.16. The Kier molecular flexibility index (Phi) is 3.02. The summed E-state index contributed by atoms with van der Waals surface area (Å²) in [4.78, 5) is 4.18. The van der Waals surface area contributed by atoms with Crippen LogP contribution in [-0.4, -0.2) is 4.98 Å². The fourth-order valence-electron chi connectivity index (χ4n) is 1.94. The van der Waals surface area contributed by atoms with E-state index in [0.717, 1.165) is 0 Å². The molecule has 0 aliphatic heterocycles. The number of benzene rings is 2. The fraction of sp³-hybridized carbons (Fsp3) is 0. The van der Waals surface area contributed by atoms with Crippen molar-refractivity contribution in [1.29, 1.82) is 5.26 Å². The molecule has 3 rings (SSSR count). The summed E-state index contributed by atoms with van der Waals surface area (Å²) in [6.07, 6.45) is 1.43. The Balaban J connectivity index is 2.20. The topological polar surface area (TPSA) is 45.9 Å². The molecule has 0 bridgehead atoms. The summed E-state index contributed by atoms with van der Waals surface area (Å²) >= 11 is 0. The average molecular weight is 264 g/mol. The van der Waals surface area contributed by atoms with E-state index in [4.69, 9.17) is 10.00 Å². The molecule has 0 saturated carbocycles. The van der Waals surface area contributed by atoms with Gasteiger partial charge in [0.15, 0.2) is 17.3 Å². The minimum atomic E-state index is -0.475. The van der Waals surface area contributed by atoms with Crippen LogP contribution in [0.4, 0.5) is 4.39 Å². The molecule has 2 aromatic carbocycles. The van der Waals surface area contributed by atoms with E-state index in [-0.39, 0.29) is 11.3 Å². The number of para-hydroxylation sites is 2. The number of hydrogen-bond acceptors (Lipinski definition) is 3. The van der Waals surface area contributed by atoms with Gasteiger partial charge in [-0.15, -0.1) is 0 Å². The lowest BCUT2D eigenvalue weighted by atomic mass is 10.1. The van der Waals surface area contributed by atoms with Crippen molar-refractivity contribution in [1.82, 2.24) is 4.98 Å². The van der Waals surface area contributed by atoms with Gasteiger partial charge in [0.05, 0.1) is 5.52 Å². The quantitative estimate of drug-likeness (QED) is 0.701. The lowest BCUT2D eigenvalue weighted by Crippen LogP contribution is -1.94. The van der Waals surface area contributed by atoms with Crippen LogP contribution in [0.25, 0.3) is 10.9 Å². The molecule has 96 valence electrons. The van der Waals surface area contributed by atoms with Crippen LogP contribution < -0.4 is 4.74 Å². The Labute approximate surface area is 114 Å². The largest absolute Gasteiger partial charge is 0.452 e. The van der Waals surface area contributed by atoms with Crippen molar-refractivity contribution in [3.05, 3.63) is 66.1 Å². The van der Waals surface area contributed by atoms with E-state index < -0.39 is 5.82 Å². The van der Waals surface area contributed by atoms with E-state index in [1.807, 2.05) is 24.3 Å². The molecule has 0 amide bonds. The van der Waals surface area contributed by atoms with E-state index in [2.05, 4.69) is 4.98 Å². The van der Waals surface area contributed by atoms with Crippen LogP contribution in [-0.2, 0) is 0 Å². The van der Waals surface area contributed by atoms with Gasteiger partial charge in [-0.3, -0.25) is 4.98 Å². The predicted molar refractivity (Wildman–Crippen MR) is 72.9 cm³/mol. The third-order valence-electron chi connectivity index (χ3n) is 2.90. The minimum absolute atomic E-state index is 0.0837. The van der Waals surface area contributed by atoms with Gasteiger partial charge in [0.2, 0.25) is 0 Å². The maximum atomic E-state index is 13.7. The van der Waals surface area contributed by atoms with Crippen molar-refractivity contribution < 1.29 is 9.13 Å². The molecular formula is C16H9FN2O. The van der Waals surface area contributed by atoms with Crippen LogP contribution in [0.2, 0.25) is 0 Å². The van der Waals surface area contributed by atoms with Crippen molar-refractivity contribution in [2.75, 3.05) is 0 Å². The zero-order chi connectivity index (χ0) is 13.9. The Morgan fingerprint density at radius 3 is 2.60 bits per heavy atom. The standard InChI is InChI=1S/C16H9FN2O/c17-13-6-2-4-8-15(13)20-16-11(9-18)10-19-14-7-3-1-5-12(14)16/h1-8,10H. The highest BCUT2D eigenvalue weighted by Gasteiger charge is 2.12. The summed E-state index contributed by atoms with van der Waals surface area (Å²) in [6, 6.07) is 15.4. The first kappa shape index (κ1) is 12.1. The molecule has 0 unspecified atom stereocenters. The molecule has 4 heteroatoms. The highest BCUT2D eigenvalue weighted by molar-refractivity contribution is 5.87. The molecule has 0 fully saturated rings. The summed E-state index contributed by atoms with van der Waals surface area (Å²) in [6.45, 7) is 0. The summed E-state index contributed by atoms with van der Waals surface area (Å²) in [7, 11) is 0. The zero-order valence-corrected chi connectivity index (χ0v) is 10.4. The maximum Gasteiger partial charge on any atom is 0.165 e. The molecule has 1 heterocycles. The van der Waals surface area contributed by atoms with Crippen molar-refractivity contribution in [3.8, 4) is 17.6 Å². The van der Waals surface area contributed by atoms with Crippen molar-refractivity contribution in [2.45, 2.75) is 0 Å². The van der Waals surface area contributed by atoms with Gasteiger partial charge in [-0.2, -0.15) is 5.26 Å². The van der Waals surface area contributed by atoms with Gasteiger partial charge < -0.3 is 4.74 Å². The first-order valence-electron chi connectivity index (χ1n) is 6.00. The zero-order valence-electron chi connectivity index (χ0n) is 10.4. The normalized spacial score (nSPS) is 10.2. The van der Waals surface area contributed by atoms with Gasteiger partial charge >= 0.3 is 0 Å². The molecule has 3 nitrogen and oxygen atoms in total. The molecule has 0 saturated heterocycles. The highest BCUT2D eigenvalue weighted by atomic mass is 19.1. The van der Waals surface area contributed by atoms with Crippen molar-refractivity contribution in [2.24, 2.45) is 0 Å². The predicted octanol–water partition coefficient (Wildman–Crippen LogP) is 4.04. The molecule has 0 aliphatic rings. The van der Waals surface area contributed by atoms with Crippen LogP contribution in [0.5, 0.6) is 11.5 Å². The molecule has 0 radical (unpaired) electrons. The number of fused-ring (bicyclic) bond motifs is 1. The van der Waals surface area contributed by atoms with Crippen molar-refractivity contribution >= 4 is 10.9 Å². The van der Waals surface area contributed by atoms with Crippen LogP contribution in [0.15, 0.2) is 54.7 Å². The summed E-state index contributed by atoms with van der Waals surface area (Å²) in [5, 5.41) is 9.84. The Morgan fingerprint density at radius 1 is 1.05 bits per heavy atom. The van der Waals surface area contributed by atoms with Crippen LogP contribution in [0.1, 0.15) is 5.56 Å². The number of nitrogens with zero attached hydrogens (tertiary/aromatic N) is 2. The Hall–Kier alpha value is -2.93. The average Bonchev–Trinajstić information content (AvgIpc) is 2.50. The van der Waals surface area contributed by atoms with Crippen LogP contribution in [0.3, 0.4) is 0 Å². The summed E-state index contributed by atoms with van der Waals surface area (Å²) in [5.41, 5.74) is 0.963. The SMILES string of the molecule is N#Cc1cnc2ccccc2c1Oc1ccccc1F. The maximum absolute atomic E-state index is 13.7. The molecule has 0 spiro atoms. The van der Waals surface area contributed by atoms with Crippen LogP contribution >= 0.6 is 0 Å². The second-order valence-corrected chi connectivity index (χ2v) is 4.16. The Morgan fingerprint density at radius 2 is 1.80 bits per heavy atom. The molecule has 20 heavy (non-hydrogen) atoms. The molecule has 0 N–H and O–H groups in total. The highest BCUT2D eigenvalue weighted by Crippen LogP contribution is 2.33. The molecule has 1 aromatic heterocycles. The summed E-state index contributed by atoms with van der Waals surface area (Å²) < 4.78 is 19.3. The van der Waals surface area contributed by atoms with Crippen molar-refractivity contribution in [3.63, 3.8) is 0 Å². The van der Waals surface area contributed by atoms with Gasteiger partial charge in [-0.25, -0.2) is 4.39 Å². The van der Waals surface area contributed by atoms with Gasteiger partial charge in [0, 0.05) is 11.6 Å². The number of halogens is 1. The third-order valence-corrected chi connectivity index (χ3v) is 2.90. The Bertz CT molecular complexity index is 824. The van der Waals surface area contributed by atoms with Gasteiger partial charge in [0.1, 0.15) is 11.6 Å². The van der Waals surface area contributed by atoms with E-state index in [9.17, 15) is 4.39 Å². The number of hydrogen-bond donors (Lipinski definition) is 0. The molecule has 3 aromatic rings. The van der Waals surface area contributed by atoms with Gasteiger partial charge in [-0.1, -0.05) is 24.3 Å². The minimum Gasteiger partial charge on any atom is -0.452 e. The smallest absolute Gasteiger partial charge is 0.165 e. The first-order valence-corrected chi connectivity index (χ1v) is 6.00. The molecule has 0 atom stereocenters. The molecule has 0 aliphatic carbocycles. The monoisotopic (exact) mass is 264 g/mol. The van der Waals surface area contributed by atoms with Gasteiger partial charge in [0.25, 0.3) is 0 Å². The first-order chi connectivity index (χ1) is 9.79. The lowest BCUT2D eigenvalue weighted by molar-refractivity contribution is 0.445. The lowest BCUT2D eigenvalue weighted by Gasteiger charge is -2.10. The number of rotatable bonds is 2. The number of pyridine rings is 1. The number of ether oxygens (including phenoxy) is 1. The number of aromatic nitrogens is 1. The fourth-order valence-corrected chi connectivity index (χ4v) is 1.94. The second kappa shape index (κ2) is 4.98.